The van der Waals surface area contributed by atoms with Crippen LogP contribution in [0.1, 0.15) is 18.4 Å². The Balaban J connectivity index is 2.23. The van der Waals surface area contributed by atoms with Gasteiger partial charge in [0.05, 0.1) is 0 Å². The van der Waals surface area contributed by atoms with Crippen LogP contribution in [0.15, 0.2) is 18.2 Å². The maximum Gasteiger partial charge on any atom is 0.123 e. The van der Waals surface area contributed by atoms with Gasteiger partial charge in [0.1, 0.15) is 11.6 Å². The molecule has 0 aliphatic heterocycles. The van der Waals surface area contributed by atoms with Gasteiger partial charge in [0.2, 0.25) is 0 Å². The molecule has 0 radical (unpaired) electrons. The van der Waals surface area contributed by atoms with Crippen LogP contribution in [0.25, 0.3) is 0 Å². The van der Waals surface area contributed by atoms with Crippen LogP contribution in [-0.2, 0) is 11.3 Å². The van der Waals surface area contributed by atoms with Crippen LogP contribution in [0.4, 0.5) is 4.39 Å². The van der Waals surface area contributed by atoms with Crippen molar-refractivity contribution in [1.29, 1.82) is 0 Å². The molecule has 0 heterocycles. The Hall–Kier alpha value is -1.13. The smallest absolute Gasteiger partial charge is 0.123 e. The molecule has 0 saturated carbocycles. The average Bonchev–Trinajstić information content (AvgIpc) is 2.28. The number of aromatic hydroxyl groups is 1. The second-order valence-electron chi connectivity index (χ2n) is 3.65. The Morgan fingerprint density at radius 3 is 2.94 bits per heavy atom. The highest BCUT2D eigenvalue weighted by Gasteiger charge is 2.01. The first-order chi connectivity index (χ1) is 7.74. The predicted octanol–water partition coefficient (Wildman–Crippen LogP) is 2.05. The van der Waals surface area contributed by atoms with Gasteiger partial charge < -0.3 is 15.2 Å². The summed E-state index contributed by atoms with van der Waals surface area (Å²) in [5, 5.41) is 12.6. The van der Waals surface area contributed by atoms with Gasteiger partial charge in [-0.05, 0) is 37.6 Å². The van der Waals surface area contributed by atoms with Crippen LogP contribution in [-0.4, -0.2) is 25.4 Å². The van der Waals surface area contributed by atoms with Gasteiger partial charge in [0.25, 0.3) is 0 Å². The van der Waals surface area contributed by atoms with Crippen LogP contribution in [0, 0.1) is 5.82 Å². The molecule has 0 saturated heterocycles. The molecule has 0 aliphatic carbocycles. The first-order valence-electron chi connectivity index (χ1n) is 5.41. The van der Waals surface area contributed by atoms with Gasteiger partial charge in [-0.15, -0.1) is 0 Å². The van der Waals surface area contributed by atoms with Crippen LogP contribution in [0.3, 0.4) is 0 Å². The van der Waals surface area contributed by atoms with Crippen molar-refractivity contribution in [3.63, 3.8) is 0 Å². The maximum atomic E-state index is 12.9. The number of benzene rings is 1. The summed E-state index contributed by atoms with van der Waals surface area (Å²) in [6.45, 7) is 2.07. The summed E-state index contributed by atoms with van der Waals surface area (Å²) in [5.74, 6) is -0.195. The summed E-state index contributed by atoms with van der Waals surface area (Å²) in [4.78, 5) is 0. The lowest BCUT2D eigenvalue weighted by Gasteiger charge is -2.06. The molecule has 0 atom stereocenters. The van der Waals surface area contributed by atoms with Crippen LogP contribution in [0.2, 0.25) is 0 Å². The number of phenols is 1. The van der Waals surface area contributed by atoms with E-state index in [-0.39, 0.29) is 11.6 Å². The minimum atomic E-state index is -0.325. The van der Waals surface area contributed by atoms with E-state index in [9.17, 15) is 9.50 Å². The molecule has 0 amide bonds. The second kappa shape index (κ2) is 7.19. The van der Waals surface area contributed by atoms with Crippen molar-refractivity contribution in [1.82, 2.24) is 5.32 Å². The Bertz CT molecular complexity index is 318. The third kappa shape index (κ3) is 4.59. The third-order valence-electron chi connectivity index (χ3n) is 2.31. The summed E-state index contributed by atoms with van der Waals surface area (Å²) < 4.78 is 17.8. The summed E-state index contributed by atoms with van der Waals surface area (Å²) in [5.41, 5.74) is 0.590. The number of ether oxygens (including phenoxy) is 1. The lowest BCUT2D eigenvalue weighted by atomic mass is 10.2. The SMILES string of the molecule is COCCCCNCc1cc(F)ccc1O. The van der Waals surface area contributed by atoms with Crippen molar-refractivity contribution in [2.24, 2.45) is 0 Å². The lowest BCUT2D eigenvalue weighted by molar-refractivity contribution is 0.192. The summed E-state index contributed by atoms with van der Waals surface area (Å²) in [7, 11) is 1.68. The molecule has 90 valence electrons. The molecular weight excluding hydrogens is 209 g/mol. The quantitative estimate of drug-likeness (QED) is 0.700. The molecule has 0 unspecified atom stereocenters. The third-order valence-corrected chi connectivity index (χ3v) is 2.31. The van der Waals surface area contributed by atoms with Crippen molar-refractivity contribution in [3.8, 4) is 5.75 Å². The van der Waals surface area contributed by atoms with Crippen molar-refractivity contribution >= 4 is 0 Å². The first-order valence-corrected chi connectivity index (χ1v) is 5.41. The minimum Gasteiger partial charge on any atom is -0.508 e. The summed E-state index contributed by atoms with van der Waals surface area (Å²) in [6.07, 6.45) is 2.00. The van der Waals surface area contributed by atoms with E-state index in [0.29, 0.717) is 12.1 Å². The van der Waals surface area contributed by atoms with Crippen molar-refractivity contribution < 1.29 is 14.2 Å². The summed E-state index contributed by atoms with van der Waals surface area (Å²) in [6, 6.07) is 3.96. The molecule has 1 aromatic rings. The standard InChI is InChI=1S/C12H18FNO2/c1-16-7-3-2-6-14-9-10-8-11(13)4-5-12(10)15/h4-5,8,14-15H,2-3,6-7,9H2,1H3. The van der Waals surface area contributed by atoms with Crippen molar-refractivity contribution in [3.05, 3.63) is 29.6 Å². The molecule has 0 fully saturated rings. The van der Waals surface area contributed by atoms with Crippen LogP contribution < -0.4 is 5.32 Å². The van der Waals surface area contributed by atoms with E-state index < -0.39 is 0 Å². The monoisotopic (exact) mass is 227 g/mol. The number of hydrogen-bond donors (Lipinski definition) is 2. The zero-order valence-electron chi connectivity index (χ0n) is 9.50. The van der Waals surface area contributed by atoms with Gasteiger partial charge in [0, 0.05) is 25.8 Å². The first kappa shape index (κ1) is 12.9. The molecule has 0 bridgehead atoms. The fourth-order valence-corrected chi connectivity index (χ4v) is 1.42. The zero-order chi connectivity index (χ0) is 11.8. The van der Waals surface area contributed by atoms with E-state index in [1.807, 2.05) is 0 Å². The molecule has 1 rings (SSSR count). The number of unbranched alkanes of at least 4 members (excludes halogenated alkanes) is 1. The average molecular weight is 227 g/mol. The molecule has 1 aromatic carbocycles. The lowest BCUT2D eigenvalue weighted by Crippen LogP contribution is -2.15. The number of methoxy groups -OCH3 is 1. The fraction of sp³-hybridized carbons (Fsp3) is 0.500. The normalized spacial score (nSPS) is 10.6. The Morgan fingerprint density at radius 2 is 2.19 bits per heavy atom. The van der Waals surface area contributed by atoms with E-state index in [0.717, 1.165) is 26.0 Å². The largest absolute Gasteiger partial charge is 0.508 e. The molecule has 2 N–H and O–H groups in total. The number of hydrogen-bond acceptors (Lipinski definition) is 3. The highest BCUT2D eigenvalue weighted by Crippen LogP contribution is 2.17. The molecule has 3 nitrogen and oxygen atoms in total. The van der Waals surface area contributed by atoms with Gasteiger partial charge in [-0.3, -0.25) is 0 Å². The van der Waals surface area contributed by atoms with Gasteiger partial charge in [-0.25, -0.2) is 4.39 Å². The van der Waals surface area contributed by atoms with Crippen LogP contribution >= 0.6 is 0 Å². The van der Waals surface area contributed by atoms with E-state index in [2.05, 4.69) is 5.32 Å². The highest BCUT2D eigenvalue weighted by molar-refractivity contribution is 5.32. The van der Waals surface area contributed by atoms with E-state index in [1.165, 1.54) is 18.2 Å². The fourth-order valence-electron chi connectivity index (χ4n) is 1.42. The highest BCUT2D eigenvalue weighted by atomic mass is 19.1. The number of rotatable bonds is 7. The number of nitrogens with one attached hydrogen (secondary N) is 1. The van der Waals surface area contributed by atoms with Gasteiger partial charge >= 0.3 is 0 Å². The van der Waals surface area contributed by atoms with Crippen LogP contribution in [0.5, 0.6) is 5.75 Å². The molecular formula is C12H18FNO2. The van der Waals surface area contributed by atoms with E-state index >= 15 is 0 Å². The van der Waals surface area contributed by atoms with Crippen molar-refractivity contribution in [2.45, 2.75) is 19.4 Å². The van der Waals surface area contributed by atoms with Crippen molar-refractivity contribution in [2.75, 3.05) is 20.3 Å². The molecule has 0 aromatic heterocycles. The Kier molecular flexibility index (Phi) is 5.82. The second-order valence-corrected chi connectivity index (χ2v) is 3.65. The molecule has 0 spiro atoms. The topological polar surface area (TPSA) is 41.5 Å². The zero-order valence-corrected chi connectivity index (χ0v) is 9.50. The van der Waals surface area contributed by atoms with E-state index in [1.54, 1.807) is 7.11 Å². The van der Waals surface area contributed by atoms with Gasteiger partial charge in [-0.2, -0.15) is 0 Å². The van der Waals surface area contributed by atoms with Gasteiger partial charge in [-0.1, -0.05) is 0 Å². The van der Waals surface area contributed by atoms with E-state index in [4.69, 9.17) is 4.74 Å². The summed E-state index contributed by atoms with van der Waals surface area (Å²) >= 11 is 0. The predicted molar refractivity (Wildman–Crippen MR) is 60.9 cm³/mol. The van der Waals surface area contributed by atoms with Gasteiger partial charge in [0.15, 0.2) is 0 Å². The molecule has 16 heavy (non-hydrogen) atoms. The Morgan fingerprint density at radius 1 is 1.38 bits per heavy atom. The number of phenolic OH excluding ortho intramolecular Hbond substituents is 1. The Labute approximate surface area is 95.2 Å². The minimum absolute atomic E-state index is 0.130. The molecule has 4 heteroatoms. The number of halogens is 1. The molecule has 0 aliphatic rings. The maximum absolute atomic E-state index is 12.9.